The number of amides is 1. The standard InChI is InChI=1S/C12H26N2O2/c1-10(2)11(9-14(3)4)13-12(16)7-5-6-8-15/h10-11,15H,5-9H2,1-4H3,(H,13,16). The minimum atomic E-state index is 0.0917. The van der Waals surface area contributed by atoms with Gasteiger partial charge in [-0.15, -0.1) is 0 Å². The Labute approximate surface area is 99.0 Å². The van der Waals surface area contributed by atoms with Gasteiger partial charge < -0.3 is 15.3 Å². The van der Waals surface area contributed by atoms with Crippen molar-refractivity contribution in [3.8, 4) is 0 Å². The van der Waals surface area contributed by atoms with Crippen molar-refractivity contribution in [3.63, 3.8) is 0 Å². The predicted octanol–water partition coefficient (Wildman–Crippen LogP) is 0.851. The summed E-state index contributed by atoms with van der Waals surface area (Å²) >= 11 is 0. The molecule has 1 amide bonds. The number of likely N-dealkylation sites (N-methyl/N-ethyl adjacent to an activating group) is 1. The predicted molar refractivity (Wildman–Crippen MR) is 66.3 cm³/mol. The van der Waals surface area contributed by atoms with Crippen LogP contribution >= 0.6 is 0 Å². The number of carbonyl (C=O) groups excluding carboxylic acids is 1. The van der Waals surface area contributed by atoms with Crippen LogP contribution < -0.4 is 5.32 Å². The van der Waals surface area contributed by atoms with E-state index < -0.39 is 0 Å². The van der Waals surface area contributed by atoms with Crippen molar-refractivity contribution in [1.29, 1.82) is 0 Å². The lowest BCUT2D eigenvalue weighted by Gasteiger charge is -2.25. The van der Waals surface area contributed by atoms with E-state index in [1.165, 1.54) is 0 Å². The van der Waals surface area contributed by atoms with E-state index in [1.54, 1.807) is 0 Å². The van der Waals surface area contributed by atoms with Crippen LogP contribution in [0.25, 0.3) is 0 Å². The largest absolute Gasteiger partial charge is 0.396 e. The Morgan fingerprint density at radius 1 is 1.31 bits per heavy atom. The molecule has 1 unspecified atom stereocenters. The summed E-state index contributed by atoms with van der Waals surface area (Å²) in [5.74, 6) is 0.526. The first-order valence-corrected chi connectivity index (χ1v) is 6.02. The van der Waals surface area contributed by atoms with Crippen molar-refractivity contribution in [2.45, 2.75) is 39.2 Å². The van der Waals surface area contributed by atoms with E-state index in [0.29, 0.717) is 18.8 Å². The zero-order valence-corrected chi connectivity index (χ0v) is 11.0. The van der Waals surface area contributed by atoms with Crippen LogP contribution in [0.5, 0.6) is 0 Å². The van der Waals surface area contributed by atoms with Gasteiger partial charge in [-0.25, -0.2) is 0 Å². The van der Waals surface area contributed by atoms with Crippen molar-refractivity contribution in [1.82, 2.24) is 10.2 Å². The zero-order chi connectivity index (χ0) is 12.6. The maximum absolute atomic E-state index is 11.6. The highest BCUT2D eigenvalue weighted by Crippen LogP contribution is 2.04. The molecule has 0 aliphatic heterocycles. The molecule has 0 rings (SSSR count). The average Bonchev–Trinajstić information content (AvgIpc) is 2.16. The lowest BCUT2D eigenvalue weighted by atomic mass is 10.0. The van der Waals surface area contributed by atoms with Gasteiger partial charge in [0.05, 0.1) is 0 Å². The van der Waals surface area contributed by atoms with Crippen molar-refractivity contribution < 1.29 is 9.90 Å². The van der Waals surface area contributed by atoms with E-state index in [9.17, 15) is 4.79 Å². The normalized spacial score (nSPS) is 13.2. The van der Waals surface area contributed by atoms with E-state index in [-0.39, 0.29) is 18.6 Å². The Bertz CT molecular complexity index is 193. The second-order valence-corrected chi connectivity index (χ2v) is 4.86. The zero-order valence-electron chi connectivity index (χ0n) is 11.0. The number of unbranched alkanes of at least 4 members (excludes halogenated alkanes) is 1. The molecule has 4 heteroatoms. The van der Waals surface area contributed by atoms with Crippen molar-refractivity contribution >= 4 is 5.91 Å². The van der Waals surface area contributed by atoms with Crippen molar-refractivity contribution in [3.05, 3.63) is 0 Å². The topological polar surface area (TPSA) is 52.6 Å². The molecule has 0 saturated carbocycles. The molecule has 0 fully saturated rings. The number of aliphatic hydroxyl groups excluding tert-OH is 1. The molecular formula is C12H26N2O2. The highest BCUT2D eigenvalue weighted by molar-refractivity contribution is 5.76. The number of hydrogen-bond acceptors (Lipinski definition) is 3. The first kappa shape index (κ1) is 15.4. The molecule has 4 nitrogen and oxygen atoms in total. The Morgan fingerprint density at radius 3 is 2.38 bits per heavy atom. The molecule has 1 atom stereocenters. The lowest BCUT2D eigenvalue weighted by Crippen LogP contribution is -2.44. The number of carbonyl (C=O) groups is 1. The fourth-order valence-corrected chi connectivity index (χ4v) is 1.49. The van der Waals surface area contributed by atoms with Gasteiger partial charge in [-0.05, 0) is 32.9 Å². The molecule has 0 heterocycles. The molecule has 0 aromatic rings. The van der Waals surface area contributed by atoms with Gasteiger partial charge in [-0.3, -0.25) is 4.79 Å². The Hall–Kier alpha value is -0.610. The number of rotatable bonds is 8. The summed E-state index contributed by atoms with van der Waals surface area (Å²) in [5.41, 5.74) is 0. The number of hydrogen-bond donors (Lipinski definition) is 2. The number of aliphatic hydroxyl groups is 1. The van der Waals surface area contributed by atoms with Gasteiger partial charge in [0.25, 0.3) is 0 Å². The van der Waals surface area contributed by atoms with Crippen LogP contribution in [-0.2, 0) is 4.79 Å². The van der Waals surface area contributed by atoms with Crippen LogP contribution in [0.4, 0.5) is 0 Å². The van der Waals surface area contributed by atoms with Crippen LogP contribution in [0, 0.1) is 5.92 Å². The summed E-state index contributed by atoms with van der Waals surface area (Å²) in [6.07, 6.45) is 1.97. The van der Waals surface area contributed by atoms with Gasteiger partial charge in [0.1, 0.15) is 0 Å². The van der Waals surface area contributed by atoms with Gasteiger partial charge in [-0.1, -0.05) is 13.8 Å². The number of nitrogens with one attached hydrogen (secondary N) is 1. The van der Waals surface area contributed by atoms with E-state index in [1.807, 2.05) is 14.1 Å². The van der Waals surface area contributed by atoms with E-state index in [0.717, 1.165) is 13.0 Å². The van der Waals surface area contributed by atoms with Gasteiger partial charge >= 0.3 is 0 Å². The molecule has 0 aromatic carbocycles. The Morgan fingerprint density at radius 2 is 1.94 bits per heavy atom. The summed E-state index contributed by atoms with van der Waals surface area (Å²) in [6, 6.07) is 0.205. The average molecular weight is 230 g/mol. The molecule has 0 aromatic heterocycles. The third-order valence-corrected chi connectivity index (χ3v) is 2.52. The van der Waals surface area contributed by atoms with Crippen LogP contribution in [0.15, 0.2) is 0 Å². The van der Waals surface area contributed by atoms with Crippen molar-refractivity contribution in [2.75, 3.05) is 27.2 Å². The maximum atomic E-state index is 11.6. The van der Waals surface area contributed by atoms with Crippen LogP contribution in [-0.4, -0.2) is 49.2 Å². The molecule has 16 heavy (non-hydrogen) atoms. The second kappa shape index (κ2) is 8.53. The first-order chi connectivity index (χ1) is 7.47. The van der Waals surface area contributed by atoms with Gasteiger partial charge in [0, 0.05) is 25.6 Å². The van der Waals surface area contributed by atoms with E-state index in [4.69, 9.17) is 5.11 Å². The molecule has 96 valence electrons. The molecule has 0 radical (unpaired) electrons. The van der Waals surface area contributed by atoms with Gasteiger partial charge in [-0.2, -0.15) is 0 Å². The summed E-state index contributed by atoms with van der Waals surface area (Å²) in [4.78, 5) is 13.7. The Kier molecular flexibility index (Phi) is 8.21. The third kappa shape index (κ3) is 7.65. The molecule has 0 spiro atoms. The van der Waals surface area contributed by atoms with Crippen LogP contribution in [0.1, 0.15) is 33.1 Å². The van der Waals surface area contributed by atoms with E-state index in [2.05, 4.69) is 24.1 Å². The summed E-state index contributed by atoms with van der Waals surface area (Å²) in [7, 11) is 4.01. The van der Waals surface area contributed by atoms with Crippen molar-refractivity contribution in [2.24, 2.45) is 5.92 Å². The third-order valence-electron chi connectivity index (χ3n) is 2.52. The summed E-state index contributed by atoms with van der Waals surface area (Å²) < 4.78 is 0. The molecule has 0 aliphatic rings. The van der Waals surface area contributed by atoms with Gasteiger partial charge in [0.2, 0.25) is 5.91 Å². The molecule has 0 aliphatic carbocycles. The highest BCUT2D eigenvalue weighted by atomic mass is 16.2. The minimum absolute atomic E-state index is 0.0917. The minimum Gasteiger partial charge on any atom is -0.396 e. The second-order valence-electron chi connectivity index (χ2n) is 4.86. The monoisotopic (exact) mass is 230 g/mol. The van der Waals surface area contributed by atoms with Crippen LogP contribution in [0.2, 0.25) is 0 Å². The molecule has 0 bridgehead atoms. The molecular weight excluding hydrogens is 204 g/mol. The quantitative estimate of drug-likeness (QED) is 0.608. The lowest BCUT2D eigenvalue weighted by molar-refractivity contribution is -0.122. The fourth-order valence-electron chi connectivity index (χ4n) is 1.49. The number of nitrogens with zero attached hydrogens (tertiary/aromatic N) is 1. The van der Waals surface area contributed by atoms with Gasteiger partial charge in [0.15, 0.2) is 0 Å². The fraction of sp³-hybridized carbons (Fsp3) is 0.917. The smallest absolute Gasteiger partial charge is 0.220 e. The first-order valence-electron chi connectivity index (χ1n) is 6.02. The summed E-state index contributed by atoms with van der Waals surface area (Å²) in [6.45, 7) is 5.26. The SMILES string of the molecule is CC(C)C(CN(C)C)NC(=O)CCCCO. The van der Waals surface area contributed by atoms with Crippen LogP contribution in [0.3, 0.4) is 0 Å². The highest BCUT2D eigenvalue weighted by Gasteiger charge is 2.16. The summed E-state index contributed by atoms with van der Waals surface area (Å²) in [5, 5.41) is 11.7. The molecule has 2 N–H and O–H groups in total. The van der Waals surface area contributed by atoms with E-state index >= 15 is 0 Å². The maximum Gasteiger partial charge on any atom is 0.220 e. The Balaban J connectivity index is 3.93. The molecule has 0 saturated heterocycles.